The Morgan fingerprint density at radius 2 is 2.07 bits per heavy atom. The van der Waals surface area contributed by atoms with E-state index in [2.05, 4.69) is 19.2 Å². The van der Waals surface area contributed by atoms with Gasteiger partial charge >= 0.3 is 5.97 Å². The summed E-state index contributed by atoms with van der Waals surface area (Å²) in [4.78, 5) is 11.6. The summed E-state index contributed by atoms with van der Waals surface area (Å²) in [7, 11) is 0. The second kappa shape index (κ2) is 6.08. The van der Waals surface area contributed by atoms with Gasteiger partial charge in [-0.15, -0.1) is 0 Å². The predicted octanol–water partition coefficient (Wildman–Crippen LogP) is 0.655. The minimum Gasteiger partial charge on any atom is -0.461 e. The second-order valence-electron chi connectivity index (χ2n) is 4.62. The monoisotopic (exact) mass is 214 g/mol. The number of hydrogen-bond donors (Lipinski definition) is 2. The van der Waals surface area contributed by atoms with E-state index in [4.69, 9.17) is 10.5 Å². The third-order valence-electron chi connectivity index (χ3n) is 2.60. The second-order valence-corrected chi connectivity index (χ2v) is 4.62. The summed E-state index contributed by atoms with van der Waals surface area (Å²) in [6.45, 7) is 5.96. The van der Waals surface area contributed by atoms with Crippen LogP contribution in [0.2, 0.25) is 0 Å². The Hall–Kier alpha value is -0.610. The van der Waals surface area contributed by atoms with Gasteiger partial charge in [-0.2, -0.15) is 0 Å². The fourth-order valence-electron chi connectivity index (χ4n) is 1.77. The van der Waals surface area contributed by atoms with E-state index in [0.29, 0.717) is 12.3 Å². The number of ether oxygens (including phenoxy) is 1. The molecule has 1 atom stereocenters. The molecule has 0 aromatic rings. The molecule has 0 spiro atoms. The van der Waals surface area contributed by atoms with Crippen LogP contribution in [0.4, 0.5) is 0 Å². The molecule has 4 heteroatoms. The van der Waals surface area contributed by atoms with E-state index >= 15 is 0 Å². The van der Waals surface area contributed by atoms with E-state index in [1.807, 2.05) is 0 Å². The molecule has 88 valence electrons. The number of esters is 1. The van der Waals surface area contributed by atoms with Crippen molar-refractivity contribution in [1.29, 1.82) is 0 Å². The highest BCUT2D eigenvalue weighted by atomic mass is 16.5. The minimum atomic E-state index is -0.458. The van der Waals surface area contributed by atoms with Crippen molar-refractivity contribution in [2.45, 2.75) is 45.3 Å². The maximum Gasteiger partial charge on any atom is 0.323 e. The van der Waals surface area contributed by atoms with Crippen molar-refractivity contribution in [3.05, 3.63) is 0 Å². The summed E-state index contributed by atoms with van der Waals surface area (Å²) < 4.78 is 5.35. The highest BCUT2D eigenvalue weighted by molar-refractivity contribution is 5.75. The van der Waals surface area contributed by atoms with Gasteiger partial charge in [0.15, 0.2) is 0 Å². The van der Waals surface area contributed by atoms with E-state index < -0.39 is 6.04 Å². The number of carbonyl (C=O) groups excluding carboxylic acids is 1. The number of hydrogen-bond acceptors (Lipinski definition) is 4. The van der Waals surface area contributed by atoms with Crippen LogP contribution >= 0.6 is 0 Å². The van der Waals surface area contributed by atoms with Crippen LogP contribution in [-0.2, 0) is 9.53 Å². The fraction of sp³-hybridized carbons (Fsp3) is 0.909. The zero-order chi connectivity index (χ0) is 11.3. The van der Waals surface area contributed by atoms with Crippen molar-refractivity contribution < 1.29 is 9.53 Å². The van der Waals surface area contributed by atoms with Gasteiger partial charge in [-0.25, -0.2) is 0 Å². The van der Waals surface area contributed by atoms with E-state index in [1.165, 1.54) is 0 Å². The number of piperidine rings is 1. The molecule has 0 saturated carbocycles. The van der Waals surface area contributed by atoms with Crippen LogP contribution in [0.5, 0.6) is 0 Å². The number of rotatable bonds is 4. The fourth-order valence-corrected chi connectivity index (χ4v) is 1.77. The highest BCUT2D eigenvalue weighted by Crippen LogP contribution is 2.10. The van der Waals surface area contributed by atoms with Crippen LogP contribution in [-0.4, -0.2) is 31.2 Å². The quantitative estimate of drug-likeness (QED) is 0.675. The van der Waals surface area contributed by atoms with Crippen molar-refractivity contribution in [2.75, 3.05) is 13.1 Å². The summed E-state index contributed by atoms with van der Waals surface area (Å²) >= 11 is 0. The Kier molecular flexibility index (Phi) is 5.05. The van der Waals surface area contributed by atoms with E-state index in [1.54, 1.807) is 0 Å². The molecular formula is C11H22N2O2. The Morgan fingerprint density at radius 3 is 2.60 bits per heavy atom. The minimum absolute atomic E-state index is 0.0666. The smallest absolute Gasteiger partial charge is 0.323 e. The van der Waals surface area contributed by atoms with Crippen molar-refractivity contribution in [1.82, 2.24) is 5.32 Å². The molecule has 4 nitrogen and oxygen atoms in total. The first-order valence-electron chi connectivity index (χ1n) is 5.76. The first kappa shape index (κ1) is 12.5. The molecule has 1 rings (SSSR count). The number of nitrogens with two attached hydrogens (primary N) is 1. The highest BCUT2D eigenvalue weighted by Gasteiger charge is 2.22. The van der Waals surface area contributed by atoms with Gasteiger partial charge in [0.2, 0.25) is 0 Å². The van der Waals surface area contributed by atoms with Crippen LogP contribution in [0, 0.1) is 5.92 Å². The van der Waals surface area contributed by atoms with Crippen LogP contribution in [0.25, 0.3) is 0 Å². The largest absolute Gasteiger partial charge is 0.461 e. The molecular weight excluding hydrogens is 192 g/mol. The van der Waals surface area contributed by atoms with Crippen molar-refractivity contribution in [3.63, 3.8) is 0 Å². The Morgan fingerprint density at radius 1 is 1.47 bits per heavy atom. The predicted molar refractivity (Wildman–Crippen MR) is 59.4 cm³/mol. The summed E-state index contributed by atoms with van der Waals surface area (Å²) in [6.07, 6.45) is 2.57. The Balaban J connectivity index is 2.27. The summed E-state index contributed by atoms with van der Waals surface area (Å²) in [5.74, 6) is 0.191. The third-order valence-corrected chi connectivity index (χ3v) is 2.60. The molecule has 1 aliphatic heterocycles. The van der Waals surface area contributed by atoms with Crippen LogP contribution in [0.15, 0.2) is 0 Å². The van der Waals surface area contributed by atoms with Gasteiger partial charge in [-0.3, -0.25) is 4.79 Å². The molecule has 0 aliphatic carbocycles. The van der Waals surface area contributed by atoms with E-state index in [0.717, 1.165) is 25.9 Å². The van der Waals surface area contributed by atoms with Crippen LogP contribution in [0.3, 0.4) is 0 Å². The van der Waals surface area contributed by atoms with Gasteiger partial charge in [0.05, 0.1) is 0 Å². The molecule has 0 radical (unpaired) electrons. The third kappa shape index (κ3) is 4.62. The zero-order valence-corrected chi connectivity index (χ0v) is 9.66. The normalized spacial score (nSPS) is 20.3. The molecule has 0 aromatic carbocycles. The lowest BCUT2D eigenvalue weighted by atomic mass is 10.0. The average Bonchev–Trinajstić information content (AvgIpc) is 2.18. The molecule has 1 aliphatic rings. The molecule has 0 aromatic heterocycles. The van der Waals surface area contributed by atoms with Gasteiger partial charge in [0.25, 0.3) is 0 Å². The molecule has 15 heavy (non-hydrogen) atoms. The van der Waals surface area contributed by atoms with Gasteiger partial charge in [0, 0.05) is 0 Å². The first-order valence-corrected chi connectivity index (χ1v) is 5.76. The SMILES string of the molecule is CC(C)C[C@H](N)C(=O)OC1CCNCC1. The lowest BCUT2D eigenvalue weighted by Crippen LogP contribution is -2.39. The zero-order valence-electron chi connectivity index (χ0n) is 9.66. The molecule has 0 amide bonds. The molecule has 1 heterocycles. The molecule has 0 bridgehead atoms. The number of carbonyl (C=O) groups is 1. The van der Waals surface area contributed by atoms with Crippen molar-refractivity contribution in [2.24, 2.45) is 11.7 Å². The summed E-state index contributed by atoms with van der Waals surface area (Å²) in [5, 5.41) is 3.23. The van der Waals surface area contributed by atoms with Gasteiger partial charge < -0.3 is 15.8 Å². The van der Waals surface area contributed by atoms with Crippen molar-refractivity contribution >= 4 is 5.97 Å². The Bertz CT molecular complexity index is 201. The molecule has 1 saturated heterocycles. The summed E-state index contributed by atoms with van der Waals surface area (Å²) in [5.41, 5.74) is 5.75. The van der Waals surface area contributed by atoms with Gasteiger partial charge in [-0.05, 0) is 38.3 Å². The lowest BCUT2D eigenvalue weighted by Gasteiger charge is -2.24. The standard InChI is InChI=1S/C11H22N2O2/c1-8(2)7-10(12)11(14)15-9-3-5-13-6-4-9/h8-10,13H,3-7,12H2,1-2H3/t10-/m0/s1. The average molecular weight is 214 g/mol. The summed E-state index contributed by atoms with van der Waals surface area (Å²) in [6, 6.07) is -0.458. The van der Waals surface area contributed by atoms with Gasteiger partial charge in [-0.1, -0.05) is 13.8 Å². The van der Waals surface area contributed by atoms with Crippen LogP contribution < -0.4 is 11.1 Å². The number of nitrogens with one attached hydrogen (secondary N) is 1. The van der Waals surface area contributed by atoms with E-state index in [9.17, 15) is 4.79 Å². The maximum atomic E-state index is 11.6. The maximum absolute atomic E-state index is 11.6. The molecule has 3 N–H and O–H groups in total. The van der Waals surface area contributed by atoms with E-state index in [-0.39, 0.29) is 12.1 Å². The van der Waals surface area contributed by atoms with Crippen LogP contribution in [0.1, 0.15) is 33.1 Å². The molecule has 1 fully saturated rings. The lowest BCUT2D eigenvalue weighted by molar-refractivity contribution is -0.152. The molecule has 0 unspecified atom stereocenters. The topological polar surface area (TPSA) is 64.4 Å². The van der Waals surface area contributed by atoms with Crippen molar-refractivity contribution in [3.8, 4) is 0 Å². The first-order chi connectivity index (χ1) is 7.09. The Labute approximate surface area is 91.5 Å². The van der Waals surface area contributed by atoms with Gasteiger partial charge in [0.1, 0.15) is 12.1 Å².